The van der Waals surface area contributed by atoms with Crippen molar-refractivity contribution in [3.63, 3.8) is 0 Å². The molecule has 5 rings (SSSR count). The molecule has 3 saturated heterocycles. The van der Waals surface area contributed by atoms with Gasteiger partial charge in [0.15, 0.2) is 0 Å². The predicted octanol–water partition coefficient (Wildman–Crippen LogP) is 3.15. The molecule has 2 atom stereocenters. The summed E-state index contributed by atoms with van der Waals surface area (Å²) in [6.45, 7) is 7.94. The van der Waals surface area contributed by atoms with Crippen LogP contribution in [0.3, 0.4) is 0 Å². The normalized spacial score (nSPS) is 23.2. The predicted molar refractivity (Wildman–Crippen MR) is 103 cm³/mol. The molecule has 3 aliphatic rings. The van der Waals surface area contributed by atoms with E-state index in [0.717, 1.165) is 54.6 Å². The van der Waals surface area contributed by atoms with Gasteiger partial charge in [0.05, 0.1) is 10.7 Å². The summed E-state index contributed by atoms with van der Waals surface area (Å²) in [4.78, 5) is 27.5. The highest BCUT2D eigenvalue weighted by atomic mass is 32.1. The van der Waals surface area contributed by atoms with Crippen LogP contribution in [0.4, 0.5) is 0 Å². The van der Waals surface area contributed by atoms with E-state index in [2.05, 4.69) is 38.8 Å². The summed E-state index contributed by atoms with van der Waals surface area (Å²) >= 11 is 1.56. The molecule has 26 heavy (non-hydrogen) atoms. The van der Waals surface area contributed by atoms with Crippen molar-refractivity contribution in [2.75, 3.05) is 19.6 Å². The molecule has 1 amide bonds. The number of carbonyl (C=O) groups excluding carboxylic acids is 1. The first-order valence-electron chi connectivity index (χ1n) is 9.52. The molecule has 0 unspecified atom stereocenters. The quantitative estimate of drug-likeness (QED) is 0.830. The van der Waals surface area contributed by atoms with Crippen LogP contribution in [0.1, 0.15) is 45.7 Å². The lowest BCUT2D eigenvalue weighted by Crippen LogP contribution is -2.47. The first-order valence-corrected chi connectivity index (χ1v) is 10.3. The molecule has 0 spiro atoms. The second-order valence-electron chi connectivity index (χ2n) is 7.47. The smallest absolute Gasteiger partial charge is 0.266 e. The maximum atomic E-state index is 13.3. The zero-order chi connectivity index (χ0) is 18.1. The summed E-state index contributed by atoms with van der Waals surface area (Å²) in [5.41, 5.74) is 2.26. The Morgan fingerprint density at radius 3 is 2.81 bits per heavy atom. The molecule has 6 heteroatoms. The van der Waals surface area contributed by atoms with Gasteiger partial charge in [-0.25, -0.2) is 4.98 Å². The number of pyridine rings is 1. The van der Waals surface area contributed by atoms with E-state index in [0.29, 0.717) is 12.0 Å². The summed E-state index contributed by atoms with van der Waals surface area (Å²) in [7, 11) is 0. The van der Waals surface area contributed by atoms with Crippen LogP contribution in [-0.4, -0.2) is 51.4 Å². The number of thiazole rings is 1. The third-order valence-corrected chi connectivity index (χ3v) is 6.54. The molecular formula is C20H26N4OS. The Labute approximate surface area is 159 Å². The van der Waals surface area contributed by atoms with Crippen molar-refractivity contribution in [1.29, 1.82) is 0 Å². The highest BCUT2D eigenvalue weighted by Gasteiger charge is 2.38. The van der Waals surface area contributed by atoms with Crippen LogP contribution in [0, 0.1) is 12.8 Å². The number of nitrogens with zero attached hydrogens (tertiary/aromatic N) is 4. The van der Waals surface area contributed by atoms with Crippen LogP contribution in [0.5, 0.6) is 0 Å². The first kappa shape index (κ1) is 17.6. The fraction of sp³-hybridized carbons (Fsp3) is 0.550. The van der Waals surface area contributed by atoms with Crippen molar-refractivity contribution in [2.24, 2.45) is 5.92 Å². The number of hydrogen-bond donors (Lipinski definition) is 0. The van der Waals surface area contributed by atoms with E-state index in [4.69, 9.17) is 0 Å². The molecule has 0 saturated carbocycles. The molecule has 5 heterocycles. The van der Waals surface area contributed by atoms with Crippen LogP contribution < -0.4 is 0 Å². The van der Waals surface area contributed by atoms with Gasteiger partial charge in [-0.1, -0.05) is 6.92 Å². The van der Waals surface area contributed by atoms with Gasteiger partial charge >= 0.3 is 0 Å². The lowest BCUT2D eigenvalue weighted by Gasteiger charge is -2.36. The number of rotatable bonds is 4. The van der Waals surface area contributed by atoms with E-state index in [9.17, 15) is 4.79 Å². The highest BCUT2D eigenvalue weighted by molar-refractivity contribution is 7.13. The summed E-state index contributed by atoms with van der Waals surface area (Å²) in [5.74, 6) is 0.770. The van der Waals surface area contributed by atoms with Gasteiger partial charge in [-0.05, 0) is 49.8 Å². The lowest BCUT2D eigenvalue weighted by molar-refractivity contribution is 0.0588. The van der Waals surface area contributed by atoms with Gasteiger partial charge in [-0.15, -0.1) is 11.3 Å². The SMILES string of the molecule is CCc1nc(C)sc1C(=O)N1C[C@H]2CC[C@@H]1CN(Cc1ccncc1)C2. The van der Waals surface area contributed by atoms with Crippen LogP contribution >= 0.6 is 11.3 Å². The molecule has 138 valence electrons. The zero-order valence-electron chi connectivity index (χ0n) is 15.5. The van der Waals surface area contributed by atoms with Crippen LogP contribution in [0.25, 0.3) is 0 Å². The minimum absolute atomic E-state index is 0.202. The van der Waals surface area contributed by atoms with E-state index in [-0.39, 0.29) is 5.91 Å². The average Bonchev–Trinajstić information content (AvgIpc) is 2.82. The maximum absolute atomic E-state index is 13.3. The Balaban J connectivity index is 1.52. The Bertz CT molecular complexity index is 775. The first-order chi connectivity index (χ1) is 12.6. The van der Waals surface area contributed by atoms with Gasteiger partial charge in [0.25, 0.3) is 5.91 Å². The minimum Gasteiger partial charge on any atom is -0.333 e. The highest BCUT2D eigenvalue weighted by Crippen LogP contribution is 2.31. The largest absolute Gasteiger partial charge is 0.333 e. The Kier molecular flexibility index (Phi) is 5.05. The monoisotopic (exact) mass is 370 g/mol. The molecule has 5 nitrogen and oxygen atoms in total. The number of carbonyl (C=O) groups is 1. The lowest BCUT2D eigenvalue weighted by atomic mass is 9.94. The van der Waals surface area contributed by atoms with Crippen molar-refractivity contribution in [3.8, 4) is 0 Å². The van der Waals surface area contributed by atoms with Crippen LogP contribution in [-0.2, 0) is 13.0 Å². The fourth-order valence-corrected chi connectivity index (χ4v) is 5.27. The summed E-state index contributed by atoms with van der Waals surface area (Å²) in [6, 6.07) is 4.49. The fourth-order valence-electron chi connectivity index (χ4n) is 4.31. The van der Waals surface area contributed by atoms with Crippen molar-refractivity contribution >= 4 is 17.2 Å². The Morgan fingerprint density at radius 2 is 2.04 bits per heavy atom. The summed E-state index contributed by atoms with van der Waals surface area (Å²) in [5, 5.41) is 0.990. The van der Waals surface area contributed by atoms with Crippen molar-refractivity contribution in [1.82, 2.24) is 19.8 Å². The molecule has 2 bridgehead atoms. The van der Waals surface area contributed by atoms with Gasteiger partial charge in [0.1, 0.15) is 4.88 Å². The standard InChI is InChI=1S/C20H26N4OS/c1-3-18-19(26-14(2)22-18)20(25)24-12-16-4-5-17(24)13-23(11-16)10-15-6-8-21-9-7-15/h6-9,16-17H,3-5,10-13H2,1-2H3/t16-,17+/m0/s1. The summed E-state index contributed by atoms with van der Waals surface area (Å²) < 4.78 is 0. The van der Waals surface area contributed by atoms with Crippen molar-refractivity contribution < 1.29 is 4.79 Å². The Morgan fingerprint density at radius 1 is 1.23 bits per heavy atom. The number of amides is 1. The number of aryl methyl sites for hydroxylation is 2. The number of aromatic nitrogens is 2. The van der Waals surface area contributed by atoms with E-state index in [1.165, 1.54) is 12.0 Å². The second-order valence-corrected chi connectivity index (χ2v) is 8.67. The van der Waals surface area contributed by atoms with Crippen molar-refractivity contribution in [2.45, 2.75) is 45.7 Å². The summed E-state index contributed by atoms with van der Waals surface area (Å²) in [6.07, 6.45) is 6.87. The van der Waals surface area contributed by atoms with E-state index in [1.54, 1.807) is 11.3 Å². The molecular weight excluding hydrogens is 344 g/mol. The molecule has 0 radical (unpaired) electrons. The molecule has 3 aliphatic heterocycles. The van der Waals surface area contributed by atoms with Gasteiger partial charge in [0.2, 0.25) is 0 Å². The molecule has 0 aliphatic carbocycles. The molecule has 3 fully saturated rings. The molecule has 2 aromatic heterocycles. The number of piperidine rings is 1. The number of fused-ring (bicyclic) bond motifs is 4. The molecule has 0 N–H and O–H groups in total. The van der Waals surface area contributed by atoms with Crippen LogP contribution in [0.2, 0.25) is 0 Å². The second kappa shape index (κ2) is 7.45. The third-order valence-electron chi connectivity index (χ3n) is 5.54. The number of hydrogen-bond acceptors (Lipinski definition) is 5. The Hall–Kier alpha value is -1.79. The maximum Gasteiger partial charge on any atom is 0.266 e. The topological polar surface area (TPSA) is 49.3 Å². The van der Waals surface area contributed by atoms with Crippen molar-refractivity contribution in [3.05, 3.63) is 45.7 Å². The van der Waals surface area contributed by atoms with Gasteiger partial charge in [-0.2, -0.15) is 0 Å². The molecule has 2 aromatic rings. The van der Waals surface area contributed by atoms with E-state index in [1.807, 2.05) is 19.3 Å². The van der Waals surface area contributed by atoms with Gasteiger partial charge in [-0.3, -0.25) is 14.7 Å². The molecule has 0 aromatic carbocycles. The minimum atomic E-state index is 0.202. The average molecular weight is 371 g/mol. The van der Waals surface area contributed by atoms with Gasteiger partial charge in [0, 0.05) is 44.6 Å². The third kappa shape index (κ3) is 3.53. The van der Waals surface area contributed by atoms with Crippen LogP contribution in [0.15, 0.2) is 24.5 Å². The van der Waals surface area contributed by atoms with E-state index < -0.39 is 0 Å². The van der Waals surface area contributed by atoms with E-state index >= 15 is 0 Å². The van der Waals surface area contributed by atoms with Gasteiger partial charge < -0.3 is 4.90 Å². The zero-order valence-corrected chi connectivity index (χ0v) is 16.3.